The van der Waals surface area contributed by atoms with Crippen LogP contribution in [-0.2, 0) is 38.0 Å². The van der Waals surface area contributed by atoms with E-state index in [9.17, 15) is 44.4 Å². The Morgan fingerprint density at radius 3 is 1.76 bits per heavy atom. The number of carbonyl (C=O) groups is 5. The highest BCUT2D eigenvalue weighted by molar-refractivity contribution is 5.87. The minimum Gasteiger partial charge on any atom is -0.491 e. The van der Waals surface area contributed by atoms with Gasteiger partial charge in [-0.05, 0) is 109 Å². The zero-order chi connectivity index (χ0) is 50.1. The van der Waals surface area contributed by atoms with Crippen molar-refractivity contribution in [2.24, 2.45) is 11.7 Å². The molecule has 0 aromatic carbocycles. The summed E-state index contributed by atoms with van der Waals surface area (Å²) in [5.41, 5.74) is -1.43. The maximum Gasteiger partial charge on any atom is 0.410 e. The monoisotopic (exact) mass is 945 g/mol. The van der Waals surface area contributed by atoms with E-state index in [1.54, 1.807) is 89.2 Å². The van der Waals surface area contributed by atoms with Gasteiger partial charge in [-0.25, -0.2) is 19.2 Å². The number of likely N-dealkylation sites (N-methyl/N-ethyl adjacent to an activating group) is 1. The van der Waals surface area contributed by atoms with Crippen molar-refractivity contribution in [3.63, 3.8) is 0 Å². The Morgan fingerprint density at radius 1 is 0.758 bits per heavy atom. The van der Waals surface area contributed by atoms with Crippen LogP contribution in [-0.4, -0.2) is 170 Å². The predicted octanol–water partition coefficient (Wildman–Crippen LogP) is 1.78. The number of nitrogens with two attached hydrogens (primary N) is 1. The predicted molar refractivity (Wildman–Crippen MR) is 235 cm³/mol. The molecule has 2 saturated carbocycles. The van der Waals surface area contributed by atoms with Crippen LogP contribution in [0.15, 0.2) is 11.8 Å². The number of hydrogen-bond donors (Lipinski definition) is 9. The summed E-state index contributed by atoms with van der Waals surface area (Å²) in [6, 6.07) is -5.37. The lowest BCUT2D eigenvalue weighted by Crippen LogP contribution is -2.72. The third kappa shape index (κ3) is 14.7. The number of hydrogen-bond acceptors (Lipinski definition) is 17. The third-order valence-corrected chi connectivity index (χ3v) is 11.2. The first-order valence-corrected chi connectivity index (χ1v) is 22.4. The van der Waals surface area contributed by atoms with Crippen LogP contribution in [0.4, 0.5) is 19.2 Å². The van der Waals surface area contributed by atoms with E-state index < -0.39 is 137 Å². The van der Waals surface area contributed by atoms with Crippen molar-refractivity contribution in [2.45, 2.75) is 210 Å². The van der Waals surface area contributed by atoms with Gasteiger partial charge in [0.2, 0.25) is 0 Å². The molecular formula is C44H76N6O16. The molecule has 0 radical (unpaired) electrons. The van der Waals surface area contributed by atoms with Gasteiger partial charge in [-0.15, -0.1) is 0 Å². The van der Waals surface area contributed by atoms with E-state index in [0.29, 0.717) is 5.76 Å². The largest absolute Gasteiger partial charge is 0.491 e. The Morgan fingerprint density at radius 2 is 1.26 bits per heavy atom. The molecule has 66 heavy (non-hydrogen) atoms. The Labute approximate surface area is 387 Å². The highest BCUT2D eigenvalue weighted by atomic mass is 16.7. The van der Waals surface area contributed by atoms with Gasteiger partial charge in [0.25, 0.3) is 5.91 Å². The standard InChI is InChI=1S/C44H76N6O16/c1-39(2,3)63-35(54)46-22-18-44(59,19-22)34(53)47-26-17-25(49-37(56)65-41(7,8)9)27(30-24(16-15-23(20-45)61-30)48-36(55)64-40(4,5)6)28(51)31(26)62-33-29(52)32(43(13,58)21-60-33)50(14)38(57)66-42(10,11)12/h15,22,24-33,51-52,58-59H,16-21,45H2,1-14H3,(H,46,54)(H,47,53)(H,48,55)(H,49,56)/t22?,24-,25+,26-,27?,28+,29-,30+,31+,32-,33-,43+,44?/m1/s1. The first-order valence-electron chi connectivity index (χ1n) is 22.4. The molecule has 0 aromatic rings. The van der Waals surface area contributed by atoms with E-state index in [0.717, 1.165) is 4.90 Å². The van der Waals surface area contributed by atoms with Crippen molar-refractivity contribution >= 4 is 30.3 Å². The highest BCUT2D eigenvalue weighted by Gasteiger charge is 2.58. The maximum atomic E-state index is 14.1. The molecule has 10 N–H and O–H groups in total. The quantitative estimate of drug-likeness (QED) is 0.141. The van der Waals surface area contributed by atoms with E-state index in [-0.39, 0.29) is 32.2 Å². The second kappa shape index (κ2) is 20.2. The van der Waals surface area contributed by atoms with E-state index >= 15 is 0 Å². The normalized spacial score (nSPS) is 33.9. The maximum absolute atomic E-state index is 14.1. The second-order valence-corrected chi connectivity index (χ2v) is 22.0. The minimum absolute atomic E-state index is 0.0712. The fourth-order valence-corrected chi connectivity index (χ4v) is 8.53. The molecule has 4 aliphatic rings. The lowest BCUT2D eigenvalue weighted by Gasteiger charge is -2.52. The molecule has 22 nitrogen and oxygen atoms in total. The molecule has 0 aromatic heterocycles. The fraction of sp³-hybridized carbons (Fsp3) is 0.841. The lowest BCUT2D eigenvalue weighted by molar-refractivity contribution is -0.306. The molecule has 11 atom stereocenters. The van der Waals surface area contributed by atoms with Gasteiger partial charge in [-0.2, -0.15) is 0 Å². The summed E-state index contributed by atoms with van der Waals surface area (Å²) in [6.07, 6.45) is -10.1. The number of aliphatic hydroxyl groups is 4. The van der Waals surface area contributed by atoms with Gasteiger partial charge in [-0.1, -0.05) is 0 Å². The van der Waals surface area contributed by atoms with Crippen molar-refractivity contribution in [3.05, 3.63) is 11.8 Å². The number of nitrogens with zero attached hydrogens (tertiary/aromatic N) is 1. The third-order valence-electron chi connectivity index (χ3n) is 11.2. The van der Waals surface area contributed by atoms with Gasteiger partial charge in [0, 0.05) is 37.9 Å². The van der Waals surface area contributed by atoms with Crippen LogP contribution in [0.25, 0.3) is 0 Å². The smallest absolute Gasteiger partial charge is 0.410 e. The molecular weight excluding hydrogens is 869 g/mol. The number of aliphatic hydroxyl groups excluding tert-OH is 2. The molecule has 1 saturated heterocycles. The molecule has 3 fully saturated rings. The topological polar surface area (TPSA) is 308 Å². The fourth-order valence-electron chi connectivity index (χ4n) is 8.53. The van der Waals surface area contributed by atoms with E-state index in [1.807, 2.05) is 0 Å². The van der Waals surface area contributed by atoms with Crippen LogP contribution in [0.5, 0.6) is 0 Å². The van der Waals surface area contributed by atoms with Gasteiger partial charge in [0.05, 0.1) is 37.4 Å². The van der Waals surface area contributed by atoms with Gasteiger partial charge in [0.1, 0.15) is 57.7 Å². The van der Waals surface area contributed by atoms with Crippen molar-refractivity contribution in [1.29, 1.82) is 0 Å². The van der Waals surface area contributed by atoms with Crippen molar-refractivity contribution in [2.75, 3.05) is 20.2 Å². The molecule has 5 amide bonds. The Balaban J connectivity index is 1.77. The molecule has 0 spiro atoms. The van der Waals surface area contributed by atoms with Crippen LogP contribution < -0.4 is 27.0 Å². The average molecular weight is 945 g/mol. The summed E-state index contributed by atoms with van der Waals surface area (Å²) in [5, 5.41) is 58.7. The number of nitrogens with one attached hydrogen (secondary N) is 4. The number of rotatable bonds is 10. The number of amides is 5. The molecule has 2 heterocycles. The number of carbonyl (C=O) groups excluding carboxylic acids is 5. The zero-order valence-corrected chi connectivity index (χ0v) is 40.9. The van der Waals surface area contributed by atoms with Gasteiger partial charge >= 0.3 is 24.4 Å². The minimum atomic E-state index is -2.02. The number of alkyl carbamates (subject to hydrolysis) is 3. The van der Waals surface area contributed by atoms with E-state index in [4.69, 9.17) is 38.9 Å². The summed E-state index contributed by atoms with van der Waals surface area (Å²) >= 11 is 0. The van der Waals surface area contributed by atoms with Crippen molar-refractivity contribution in [3.8, 4) is 0 Å². The SMILES string of the molecule is CN(C(=O)OC(C)(C)C)[C@@H]1[C@@H](O)[C@@H](O[C@H]2[C@H](NC(=O)C3(O)CC(NC(=O)OC(C)(C)C)C3)C[C@H](NC(=O)OC(C)(C)C)C([C@H]3OC(CN)=CC[C@H]3NC(=O)OC(C)(C)C)[C@@H]2O)OC[C@]1(C)O. The molecule has 1 unspecified atom stereocenters. The first-order chi connectivity index (χ1) is 30.0. The summed E-state index contributed by atoms with van der Waals surface area (Å²) in [4.78, 5) is 67.8. The lowest BCUT2D eigenvalue weighted by atomic mass is 9.71. The Kier molecular flexibility index (Phi) is 16.6. The molecule has 2 aliphatic heterocycles. The molecule has 22 heteroatoms. The molecule has 0 bridgehead atoms. The van der Waals surface area contributed by atoms with E-state index in [2.05, 4.69) is 21.3 Å². The average Bonchev–Trinajstić information content (AvgIpc) is 3.10. The van der Waals surface area contributed by atoms with Crippen LogP contribution in [0.2, 0.25) is 0 Å². The van der Waals surface area contributed by atoms with Gasteiger partial charge < -0.3 is 85.5 Å². The summed E-state index contributed by atoms with van der Waals surface area (Å²) in [7, 11) is 1.32. The number of ether oxygens (including phenoxy) is 7. The van der Waals surface area contributed by atoms with Gasteiger partial charge in [-0.3, -0.25) is 4.79 Å². The van der Waals surface area contributed by atoms with Crippen molar-refractivity contribution < 1.29 is 77.6 Å². The first kappa shape index (κ1) is 54.4. The van der Waals surface area contributed by atoms with Crippen LogP contribution in [0.3, 0.4) is 0 Å². The molecule has 4 rings (SSSR count). The second-order valence-electron chi connectivity index (χ2n) is 22.0. The van der Waals surface area contributed by atoms with Gasteiger partial charge in [0.15, 0.2) is 6.29 Å². The van der Waals surface area contributed by atoms with Crippen LogP contribution >= 0.6 is 0 Å². The van der Waals surface area contributed by atoms with Crippen LogP contribution in [0.1, 0.15) is 116 Å². The van der Waals surface area contributed by atoms with Crippen LogP contribution in [0, 0.1) is 5.92 Å². The Bertz CT molecular complexity index is 1780. The highest BCUT2D eigenvalue weighted by Crippen LogP contribution is 2.40. The molecule has 378 valence electrons. The van der Waals surface area contributed by atoms with Crippen molar-refractivity contribution in [1.82, 2.24) is 26.2 Å². The molecule has 2 aliphatic carbocycles. The van der Waals surface area contributed by atoms with E-state index in [1.165, 1.54) is 14.0 Å². The Hall–Kier alpha value is -4.19. The summed E-state index contributed by atoms with van der Waals surface area (Å²) < 4.78 is 40.8. The summed E-state index contributed by atoms with van der Waals surface area (Å²) in [6.45, 7) is 20.8. The zero-order valence-electron chi connectivity index (χ0n) is 40.9. The summed E-state index contributed by atoms with van der Waals surface area (Å²) in [5.74, 6) is -1.82.